The van der Waals surface area contributed by atoms with Crippen LogP contribution in [0.25, 0.3) is 22.2 Å². The molecule has 2 fully saturated rings. The van der Waals surface area contributed by atoms with Crippen molar-refractivity contribution in [1.29, 1.82) is 0 Å². The van der Waals surface area contributed by atoms with Crippen LogP contribution in [0.3, 0.4) is 0 Å². The molecule has 4 heterocycles. The number of nitrogens with zero attached hydrogens (tertiary/aromatic N) is 3. The van der Waals surface area contributed by atoms with E-state index in [-0.39, 0.29) is 17.7 Å². The first-order valence-corrected chi connectivity index (χ1v) is 13.8. The van der Waals surface area contributed by atoms with Gasteiger partial charge in [-0.25, -0.2) is 15.0 Å². The lowest BCUT2D eigenvalue weighted by Gasteiger charge is -2.31. The Hall–Kier alpha value is -3.18. The van der Waals surface area contributed by atoms with Gasteiger partial charge in [0.25, 0.3) is 0 Å². The third-order valence-corrected chi connectivity index (χ3v) is 7.92. The number of carbonyl (C=O) groups is 1. The molecule has 2 aliphatic heterocycles. The van der Waals surface area contributed by atoms with Crippen molar-refractivity contribution < 1.29 is 23.7 Å². The van der Waals surface area contributed by atoms with Crippen molar-refractivity contribution in [1.82, 2.24) is 15.0 Å². The molecule has 0 radical (unpaired) electrons. The SMILES string of the molecule is C=CC(=O)C[C@H]1CCOC[C@H]1Nc1ncc2cc(-c3c(Cl)c(OC)cc(OC)c3Cl)nc(NCC3COC3)c2n1. The summed E-state index contributed by atoms with van der Waals surface area (Å²) < 4.78 is 21.9. The van der Waals surface area contributed by atoms with Gasteiger partial charge in [0, 0.05) is 48.7 Å². The molecule has 10 nitrogen and oxygen atoms in total. The third kappa shape index (κ3) is 5.95. The molecule has 3 aromatic rings. The maximum Gasteiger partial charge on any atom is 0.223 e. The molecule has 2 N–H and O–H groups in total. The Kier molecular flexibility index (Phi) is 8.90. The minimum absolute atomic E-state index is 0.00724. The van der Waals surface area contributed by atoms with Crippen LogP contribution in [0.15, 0.2) is 31.0 Å². The van der Waals surface area contributed by atoms with Crippen LogP contribution in [0, 0.1) is 11.8 Å². The van der Waals surface area contributed by atoms with E-state index in [1.807, 2.05) is 6.07 Å². The molecule has 2 aromatic heterocycles. The number of hydrogen-bond acceptors (Lipinski definition) is 10. The summed E-state index contributed by atoms with van der Waals surface area (Å²) in [5.41, 5.74) is 1.62. The van der Waals surface area contributed by atoms with E-state index >= 15 is 0 Å². The van der Waals surface area contributed by atoms with Crippen molar-refractivity contribution in [2.24, 2.45) is 11.8 Å². The number of anilines is 2. The van der Waals surface area contributed by atoms with Crippen molar-refractivity contribution in [2.75, 3.05) is 57.8 Å². The second-order valence-corrected chi connectivity index (χ2v) is 10.6. The minimum Gasteiger partial charge on any atom is -0.495 e. The van der Waals surface area contributed by atoms with Crippen LogP contribution in [-0.4, -0.2) is 74.0 Å². The summed E-state index contributed by atoms with van der Waals surface area (Å²) in [6, 6.07) is 3.35. The molecule has 2 atom stereocenters. The van der Waals surface area contributed by atoms with E-state index < -0.39 is 0 Å². The third-order valence-electron chi connectivity index (χ3n) is 7.17. The summed E-state index contributed by atoms with van der Waals surface area (Å²) in [5.74, 6) is 2.26. The van der Waals surface area contributed by atoms with Crippen LogP contribution in [0.4, 0.5) is 11.8 Å². The summed E-state index contributed by atoms with van der Waals surface area (Å²) in [5, 5.41) is 8.17. The molecule has 0 saturated carbocycles. The lowest BCUT2D eigenvalue weighted by atomic mass is 9.90. The normalized spacial score (nSPS) is 19.1. The summed E-state index contributed by atoms with van der Waals surface area (Å²) in [6.07, 6.45) is 4.24. The summed E-state index contributed by atoms with van der Waals surface area (Å²) >= 11 is 13.4. The van der Waals surface area contributed by atoms with Gasteiger partial charge in [0.05, 0.1) is 55.8 Å². The highest BCUT2D eigenvalue weighted by Gasteiger charge is 2.28. The van der Waals surface area contributed by atoms with Gasteiger partial charge in [-0.15, -0.1) is 0 Å². The number of nitrogens with one attached hydrogen (secondary N) is 2. The van der Waals surface area contributed by atoms with Gasteiger partial charge in [0.1, 0.15) is 17.0 Å². The molecule has 212 valence electrons. The predicted molar refractivity (Wildman–Crippen MR) is 155 cm³/mol. The van der Waals surface area contributed by atoms with Crippen molar-refractivity contribution in [3.8, 4) is 22.8 Å². The Morgan fingerprint density at radius 1 is 1.12 bits per heavy atom. The number of fused-ring (bicyclic) bond motifs is 1. The largest absolute Gasteiger partial charge is 0.495 e. The Bertz CT molecular complexity index is 1390. The number of carbonyl (C=O) groups excluding carboxylic acids is 1. The Balaban J connectivity index is 1.54. The van der Waals surface area contributed by atoms with E-state index in [1.165, 1.54) is 20.3 Å². The van der Waals surface area contributed by atoms with Crippen molar-refractivity contribution >= 4 is 51.7 Å². The van der Waals surface area contributed by atoms with E-state index in [0.717, 1.165) is 11.8 Å². The number of ether oxygens (including phenoxy) is 4. The first-order valence-electron chi connectivity index (χ1n) is 13.0. The second-order valence-electron chi connectivity index (χ2n) is 9.81. The second kappa shape index (κ2) is 12.6. The van der Waals surface area contributed by atoms with Crippen LogP contribution >= 0.6 is 23.2 Å². The fraction of sp³-hybridized carbons (Fsp3) is 0.429. The topological polar surface area (TPSA) is 117 Å². The molecule has 2 aliphatic rings. The quantitative estimate of drug-likeness (QED) is 0.295. The molecular weight excluding hydrogens is 557 g/mol. The number of benzene rings is 1. The molecule has 0 amide bonds. The smallest absolute Gasteiger partial charge is 0.223 e. The monoisotopic (exact) mass is 587 g/mol. The average Bonchev–Trinajstić information content (AvgIpc) is 2.93. The van der Waals surface area contributed by atoms with Crippen LogP contribution in [0.5, 0.6) is 11.5 Å². The number of methoxy groups -OCH3 is 2. The summed E-state index contributed by atoms with van der Waals surface area (Å²) in [6.45, 7) is 6.69. The van der Waals surface area contributed by atoms with E-state index in [9.17, 15) is 4.79 Å². The lowest BCUT2D eigenvalue weighted by molar-refractivity contribution is -0.116. The highest BCUT2D eigenvalue weighted by molar-refractivity contribution is 6.41. The molecule has 1 aromatic carbocycles. The highest BCUT2D eigenvalue weighted by Crippen LogP contribution is 2.46. The first kappa shape index (κ1) is 28.4. The number of hydrogen-bond donors (Lipinski definition) is 2. The average molecular weight is 588 g/mol. The molecule has 40 heavy (non-hydrogen) atoms. The van der Waals surface area contributed by atoms with Crippen molar-refractivity contribution in [2.45, 2.75) is 18.9 Å². The van der Waals surface area contributed by atoms with Crippen LogP contribution < -0.4 is 20.1 Å². The maximum absolute atomic E-state index is 12.1. The van der Waals surface area contributed by atoms with Gasteiger partial charge in [0.2, 0.25) is 5.95 Å². The van der Waals surface area contributed by atoms with E-state index in [1.54, 1.807) is 12.3 Å². The van der Waals surface area contributed by atoms with Crippen LogP contribution in [0.1, 0.15) is 12.8 Å². The van der Waals surface area contributed by atoms with Gasteiger partial charge in [-0.1, -0.05) is 29.8 Å². The highest BCUT2D eigenvalue weighted by atomic mass is 35.5. The molecule has 12 heteroatoms. The zero-order valence-electron chi connectivity index (χ0n) is 22.3. The van der Waals surface area contributed by atoms with Gasteiger partial charge in [-0.3, -0.25) is 4.79 Å². The predicted octanol–water partition coefficient (Wildman–Crippen LogP) is 5.04. The van der Waals surface area contributed by atoms with Gasteiger partial charge in [-0.2, -0.15) is 0 Å². The number of pyridine rings is 1. The van der Waals surface area contributed by atoms with E-state index in [0.29, 0.717) is 95.4 Å². The van der Waals surface area contributed by atoms with Crippen molar-refractivity contribution in [3.05, 3.63) is 41.0 Å². The van der Waals surface area contributed by atoms with E-state index in [2.05, 4.69) is 22.2 Å². The van der Waals surface area contributed by atoms with Crippen molar-refractivity contribution in [3.63, 3.8) is 0 Å². The number of ketones is 1. The van der Waals surface area contributed by atoms with Gasteiger partial charge in [0.15, 0.2) is 11.6 Å². The Morgan fingerprint density at radius 2 is 1.88 bits per heavy atom. The van der Waals surface area contributed by atoms with Gasteiger partial charge in [-0.05, 0) is 24.5 Å². The fourth-order valence-electron chi connectivity index (χ4n) is 4.81. The maximum atomic E-state index is 12.1. The van der Waals surface area contributed by atoms with Crippen LogP contribution in [-0.2, 0) is 14.3 Å². The number of allylic oxidation sites excluding steroid dienone is 1. The minimum atomic E-state index is -0.118. The number of halogens is 2. The molecule has 5 rings (SSSR count). The summed E-state index contributed by atoms with van der Waals surface area (Å²) in [4.78, 5) is 26.3. The van der Waals surface area contributed by atoms with Crippen LogP contribution in [0.2, 0.25) is 10.0 Å². The molecule has 2 saturated heterocycles. The first-order chi connectivity index (χ1) is 19.4. The standard InChI is InChI=1S/C28H31Cl2N5O5/c1-4-18(36)7-16-5-6-39-14-20(16)34-28-32-11-17-8-19(23-24(29)21(37-2)9-22(38-3)25(23)30)33-27(26(17)35-28)31-10-15-12-40-13-15/h4,8-9,11,15-16,20H,1,5-7,10,12-14H2,2-3H3,(H,31,33)(H,32,34,35)/t16-,20-/m1/s1. The fourth-order valence-corrected chi connectivity index (χ4v) is 5.50. The molecule has 0 spiro atoms. The number of aromatic nitrogens is 3. The summed E-state index contributed by atoms with van der Waals surface area (Å²) in [7, 11) is 3.05. The Labute approximate surface area is 242 Å². The Morgan fingerprint density at radius 3 is 2.52 bits per heavy atom. The molecule has 0 aliphatic carbocycles. The molecular formula is C28H31Cl2N5O5. The zero-order chi connectivity index (χ0) is 28.2. The molecule has 0 unspecified atom stereocenters. The lowest BCUT2D eigenvalue weighted by Crippen LogP contribution is -2.40. The van der Waals surface area contributed by atoms with E-state index in [4.69, 9.17) is 52.1 Å². The van der Waals surface area contributed by atoms with Gasteiger partial charge >= 0.3 is 0 Å². The van der Waals surface area contributed by atoms with Gasteiger partial charge < -0.3 is 29.6 Å². The number of rotatable bonds is 11. The zero-order valence-corrected chi connectivity index (χ0v) is 23.8. The molecule has 0 bridgehead atoms.